The first-order chi connectivity index (χ1) is 9.08. The number of rotatable bonds is 4. The average Bonchev–Trinajstić information content (AvgIpc) is 2.79. The molecular formula is C13H22N4OS. The molecule has 2 heterocycles. The topological polar surface area (TPSA) is 71.2 Å². The highest BCUT2D eigenvalue weighted by Crippen LogP contribution is 2.29. The lowest BCUT2D eigenvalue weighted by Crippen LogP contribution is -2.29. The largest absolute Gasteiger partial charge is 0.382 e. The number of anilines is 2. The number of carbonyl (C=O) groups is 1. The minimum atomic E-state index is -0.105. The zero-order chi connectivity index (χ0) is 13.8. The predicted molar refractivity (Wildman–Crippen MR) is 79.8 cm³/mol. The number of hydrogen-bond acceptors (Lipinski definition) is 5. The van der Waals surface area contributed by atoms with E-state index in [1.807, 2.05) is 0 Å². The van der Waals surface area contributed by atoms with Crippen LogP contribution in [0.1, 0.15) is 42.8 Å². The Kier molecular flexibility index (Phi) is 4.63. The van der Waals surface area contributed by atoms with Gasteiger partial charge in [0.15, 0.2) is 5.13 Å². The monoisotopic (exact) mass is 282 g/mol. The van der Waals surface area contributed by atoms with Crippen molar-refractivity contribution in [2.45, 2.75) is 33.1 Å². The maximum atomic E-state index is 12.0. The van der Waals surface area contributed by atoms with Crippen molar-refractivity contribution >= 4 is 28.2 Å². The molecule has 0 spiro atoms. The molecule has 0 aromatic carbocycles. The van der Waals surface area contributed by atoms with Crippen LogP contribution < -0.4 is 16.0 Å². The number of nitrogens with two attached hydrogens (primary N) is 1. The first-order valence-corrected chi connectivity index (χ1v) is 7.69. The number of thiazole rings is 1. The van der Waals surface area contributed by atoms with Crippen LogP contribution in [0.25, 0.3) is 0 Å². The zero-order valence-corrected chi connectivity index (χ0v) is 12.4. The van der Waals surface area contributed by atoms with E-state index in [0.29, 0.717) is 23.2 Å². The second-order valence-corrected chi connectivity index (χ2v) is 6.34. The summed E-state index contributed by atoms with van der Waals surface area (Å²) < 4.78 is 0. The summed E-state index contributed by atoms with van der Waals surface area (Å²) in [7, 11) is 0. The Bertz CT molecular complexity index is 438. The number of nitrogen functional groups attached to an aromatic ring is 1. The highest BCUT2D eigenvalue weighted by Gasteiger charge is 2.20. The van der Waals surface area contributed by atoms with E-state index < -0.39 is 0 Å². The summed E-state index contributed by atoms with van der Waals surface area (Å²) in [5.74, 6) is 0.679. The molecule has 1 aliphatic rings. The fraction of sp³-hybridized carbons (Fsp3) is 0.692. The third-order valence-electron chi connectivity index (χ3n) is 3.15. The van der Waals surface area contributed by atoms with Gasteiger partial charge in [0, 0.05) is 19.6 Å². The molecule has 1 aromatic rings. The van der Waals surface area contributed by atoms with Gasteiger partial charge in [-0.05, 0) is 25.2 Å². The SMILES string of the molecule is CC(C)CNC(=O)c1sc(N2CCCCC2)nc1N. The van der Waals surface area contributed by atoms with E-state index in [-0.39, 0.29) is 5.91 Å². The molecule has 2 rings (SSSR count). The van der Waals surface area contributed by atoms with Gasteiger partial charge in [-0.1, -0.05) is 25.2 Å². The van der Waals surface area contributed by atoms with E-state index in [0.717, 1.165) is 18.2 Å². The summed E-state index contributed by atoms with van der Waals surface area (Å²) in [6.45, 7) is 6.82. The second-order valence-electron chi connectivity index (χ2n) is 5.36. The molecule has 19 heavy (non-hydrogen) atoms. The summed E-state index contributed by atoms with van der Waals surface area (Å²) in [4.78, 5) is 19.1. The summed E-state index contributed by atoms with van der Waals surface area (Å²) in [5, 5.41) is 3.77. The van der Waals surface area contributed by atoms with Crippen molar-refractivity contribution < 1.29 is 4.79 Å². The lowest BCUT2D eigenvalue weighted by Gasteiger charge is -2.25. The normalized spacial score (nSPS) is 15.8. The van der Waals surface area contributed by atoms with Crippen LogP contribution in [-0.2, 0) is 0 Å². The lowest BCUT2D eigenvalue weighted by atomic mass is 10.1. The molecule has 0 atom stereocenters. The van der Waals surface area contributed by atoms with E-state index in [1.165, 1.54) is 30.6 Å². The van der Waals surface area contributed by atoms with E-state index in [4.69, 9.17) is 5.73 Å². The minimum absolute atomic E-state index is 0.105. The molecule has 0 bridgehead atoms. The van der Waals surface area contributed by atoms with Gasteiger partial charge in [0.1, 0.15) is 10.7 Å². The van der Waals surface area contributed by atoms with Crippen LogP contribution in [0.5, 0.6) is 0 Å². The van der Waals surface area contributed by atoms with Crippen molar-refractivity contribution in [3.05, 3.63) is 4.88 Å². The summed E-state index contributed by atoms with van der Waals surface area (Å²) in [6.07, 6.45) is 3.65. The van der Waals surface area contributed by atoms with Gasteiger partial charge >= 0.3 is 0 Å². The first-order valence-electron chi connectivity index (χ1n) is 6.87. The molecule has 1 fully saturated rings. The van der Waals surface area contributed by atoms with Crippen molar-refractivity contribution in [2.24, 2.45) is 5.92 Å². The standard InChI is InChI=1S/C13H22N4OS/c1-9(2)8-15-12(18)10-11(14)16-13(19-10)17-6-4-3-5-7-17/h9H,3-8,14H2,1-2H3,(H,15,18). The average molecular weight is 282 g/mol. The molecule has 1 amide bonds. The molecule has 0 saturated carbocycles. The Balaban J connectivity index is 2.05. The van der Waals surface area contributed by atoms with Crippen LogP contribution in [0.3, 0.4) is 0 Å². The zero-order valence-electron chi connectivity index (χ0n) is 11.6. The highest BCUT2D eigenvalue weighted by molar-refractivity contribution is 7.18. The third kappa shape index (κ3) is 3.59. The van der Waals surface area contributed by atoms with Crippen molar-refractivity contribution in [2.75, 3.05) is 30.3 Å². The first kappa shape index (κ1) is 14.1. The van der Waals surface area contributed by atoms with Crippen LogP contribution in [0.4, 0.5) is 10.9 Å². The van der Waals surface area contributed by atoms with Gasteiger partial charge in [0.25, 0.3) is 5.91 Å². The van der Waals surface area contributed by atoms with Gasteiger partial charge in [-0.2, -0.15) is 0 Å². The maximum absolute atomic E-state index is 12.0. The molecule has 106 valence electrons. The number of nitrogens with one attached hydrogen (secondary N) is 1. The minimum Gasteiger partial charge on any atom is -0.382 e. The fourth-order valence-corrected chi connectivity index (χ4v) is 3.03. The summed E-state index contributed by atoms with van der Waals surface area (Å²) in [5.41, 5.74) is 5.87. The van der Waals surface area contributed by atoms with Crippen molar-refractivity contribution in [1.82, 2.24) is 10.3 Å². The Labute approximate surface area is 118 Å². The van der Waals surface area contributed by atoms with E-state index in [9.17, 15) is 4.79 Å². The van der Waals surface area contributed by atoms with E-state index >= 15 is 0 Å². The van der Waals surface area contributed by atoms with Gasteiger partial charge in [-0.25, -0.2) is 4.98 Å². The number of nitrogens with zero attached hydrogens (tertiary/aromatic N) is 2. The Morgan fingerprint density at radius 1 is 1.42 bits per heavy atom. The summed E-state index contributed by atoms with van der Waals surface area (Å²) in [6, 6.07) is 0. The highest BCUT2D eigenvalue weighted by atomic mass is 32.1. The van der Waals surface area contributed by atoms with Crippen LogP contribution in [0, 0.1) is 5.92 Å². The van der Waals surface area contributed by atoms with Crippen LogP contribution in [0.2, 0.25) is 0 Å². The molecule has 0 radical (unpaired) electrons. The molecular weight excluding hydrogens is 260 g/mol. The van der Waals surface area contributed by atoms with Gasteiger partial charge in [0.2, 0.25) is 0 Å². The smallest absolute Gasteiger partial charge is 0.265 e. The number of piperidine rings is 1. The number of amides is 1. The summed E-state index contributed by atoms with van der Waals surface area (Å²) >= 11 is 1.40. The van der Waals surface area contributed by atoms with Crippen LogP contribution in [-0.4, -0.2) is 30.5 Å². The van der Waals surface area contributed by atoms with Gasteiger partial charge < -0.3 is 16.0 Å². The maximum Gasteiger partial charge on any atom is 0.265 e. The third-order valence-corrected chi connectivity index (χ3v) is 4.28. The number of hydrogen-bond donors (Lipinski definition) is 2. The van der Waals surface area contributed by atoms with Crippen molar-refractivity contribution in [1.29, 1.82) is 0 Å². The molecule has 1 aliphatic heterocycles. The van der Waals surface area contributed by atoms with Gasteiger partial charge in [-0.15, -0.1) is 0 Å². The number of aromatic nitrogens is 1. The quantitative estimate of drug-likeness (QED) is 0.887. The lowest BCUT2D eigenvalue weighted by molar-refractivity contribution is 0.0953. The van der Waals surface area contributed by atoms with Crippen molar-refractivity contribution in [3.8, 4) is 0 Å². The fourth-order valence-electron chi connectivity index (χ4n) is 2.08. The Morgan fingerprint density at radius 2 is 2.11 bits per heavy atom. The predicted octanol–water partition coefficient (Wildman–Crippen LogP) is 2.10. The van der Waals surface area contributed by atoms with E-state index in [2.05, 4.69) is 29.0 Å². The molecule has 0 unspecified atom stereocenters. The molecule has 1 saturated heterocycles. The van der Waals surface area contributed by atoms with Gasteiger partial charge in [-0.3, -0.25) is 4.79 Å². The molecule has 1 aromatic heterocycles. The Hall–Kier alpha value is -1.30. The van der Waals surface area contributed by atoms with E-state index in [1.54, 1.807) is 0 Å². The van der Waals surface area contributed by atoms with Gasteiger partial charge in [0.05, 0.1) is 0 Å². The van der Waals surface area contributed by atoms with Crippen LogP contribution in [0.15, 0.2) is 0 Å². The molecule has 5 nitrogen and oxygen atoms in total. The van der Waals surface area contributed by atoms with Crippen molar-refractivity contribution in [3.63, 3.8) is 0 Å². The number of carbonyl (C=O) groups excluding carboxylic acids is 1. The van der Waals surface area contributed by atoms with Crippen LogP contribution >= 0.6 is 11.3 Å². The molecule has 6 heteroatoms. The second kappa shape index (κ2) is 6.23. The molecule has 0 aliphatic carbocycles. The Morgan fingerprint density at radius 3 is 2.74 bits per heavy atom. The molecule has 3 N–H and O–H groups in total.